The van der Waals surface area contributed by atoms with E-state index in [2.05, 4.69) is 30.3 Å². The summed E-state index contributed by atoms with van der Waals surface area (Å²) in [6.45, 7) is 2.76. The fraction of sp³-hybridized carbons (Fsp3) is 0.286. The molecule has 1 saturated heterocycles. The maximum Gasteiger partial charge on any atom is 0.251 e. The van der Waals surface area contributed by atoms with Gasteiger partial charge in [0.2, 0.25) is 0 Å². The van der Waals surface area contributed by atoms with Crippen LogP contribution in [0.1, 0.15) is 23.2 Å². The van der Waals surface area contributed by atoms with Crippen LogP contribution in [0.25, 0.3) is 44.3 Å². The summed E-state index contributed by atoms with van der Waals surface area (Å²) in [5.41, 5.74) is 4.47. The standard InChI is InChI=1S/C28H28FN7O2/c1-35-15-19(12-33-35)23-11-21-24(14-31-23)34-27-26(21)25(22(29)13-32-27)17-4-6-18(7-5-17)28(38)30-8-10-36-9-2-3-20(37)16-36/h4-7,11-15,20,37H,2-3,8-10,16H2,1H3,(H,30,38)(H,32,34)/t20-/m1/s1. The predicted octanol–water partition coefficient (Wildman–Crippen LogP) is 3.50. The van der Waals surface area contributed by atoms with Gasteiger partial charge in [-0.05, 0) is 43.1 Å². The molecule has 1 amide bonds. The lowest BCUT2D eigenvalue weighted by atomic mass is 9.99. The highest BCUT2D eigenvalue weighted by molar-refractivity contribution is 6.13. The van der Waals surface area contributed by atoms with Crippen LogP contribution in [0.2, 0.25) is 0 Å². The summed E-state index contributed by atoms with van der Waals surface area (Å²) in [4.78, 5) is 26.9. The van der Waals surface area contributed by atoms with Gasteiger partial charge in [-0.15, -0.1) is 0 Å². The summed E-state index contributed by atoms with van der Waals surface area (Å²) < 4.78 is 17.0. The van der Waals surface area contributed by atoms with Crippen LogP contribution in [0, 0.1) is 5.82 Å². The maximum atomic E-state index is 15.3. The largest absolute Gasteiger partial charge is 0.392 e. The van der Waals surface area contributed by atoms with Crippen LogP contribution in [0.4, 0.5) is 4.39 Å². The molecule has 5 aromatic rings. The van der Waals surface area contributed by atoms with Crippen molar-refractivity contribution in [1.82, 2.24) is 34.9 Å². The van der Waals surface area contributed by atoms with Gasteiger partial charge in [-0.25, -0.2) is 9.37 Å². The van der Waals surface area contributed by atoms with Gasteiger partial charge in [0.1, 0.15) is 11.5 Å². The average Bonchev–Trinajstić information content (AvgIpc) is 3.52. The number of pyridine rings is 2. The van der Waals surface area contributed by atoms with Crippen molar-refractivity contribution in [2.75, 3.05) is 26.2 Å². The normalized spacial score (nSPS) is 16.3. The third-order valence-corrected chi connectivity index (χ3v) is 7.09. The molecule has 194 valence electrons. The molecule has 5 heterocycles. The van der Waals surface area contributed by atoms with E-state index in [0.29, 0.717) is 47.4 Å². The molecule has 0 bridgehead atoms. The lowest BCUT2D eigenvalue weighted by Crippen LogP contribution is -2.42. The quantitative estimate of drug-likeness (QED) is 0.320. The number of nitrogens with one attached hydrogen (secondary N) is 2. The van der Waals surface area contributed by atoms with Crippen molar-refractivity contribution < 1.29 is 14.3 Å². The molecule has 0 saturated carbocycles. The number of piperidine rings is 1. The second-order valence-corrected chi connectivity index (χ2v) is 9.78. The van der Waals surface area contributed by atoms with E-state index in [9.17, 15) is 9.90 Å². The van der Waals surface area contributed by atoms with E-state index in [0.717, 1.165) is 41.5 Å². The summed E-state index contributed by atoms with van der Waals surface area (Å²) >= 11 is 0. The molecule has 4 aromatic heterocycles. The van der Waals surface area contributed by atoms with Gasteiger partial charge >= 0.3 is 0 Å². The maximum absolute atomic E-state index is 15.3. The van der Waals surface area contributed by atoms with Crippen molar-refractivity contribution in [2.24, 2.45) is 7.05 Å². The first-order chi connectivity index (χ1) is 18.5. The number of aromatic amines is 1. The highest BCUT2D eigenvalue weighted by atomic mass is 19.1. The Hall–Kier alpha value is -4.15. The van der Waals surface area contributed by atoms with E-state index >= 15 is 4.39 Å². The van der Waals surface area contributed by atoms with Crippen LogP contribution in [-0.2, 0) is 7.05 Å². The van der Waals surface area contributed by atoms with Crippen LogP contribution < -0.4 is 5.32 Å². The van der Waals surface area contributed by atoms with E-state index in [4.69, 9.17) is 0 Å². The average molecular weight is 514 g/mol. The number of benzene rings is 1. The molecule has 0 unspecified atom stereocenters. The summed E-state index contributed by atoms with van der Waals surface area (Å²) in [5, 5.41) is 18.4. The molecule has 1 aliphatic heterocycles. The third kappa shape index (κ3) is 4.64. The van der Waals surface area contributed by atoms with Gasteiger partial charge < -0.3 is 15.4 Å². The number of hydrogen-bond acceptors (Lipinski definition) is 6. The first-order valence-corrected chi connectivity index (χ1v) is 12.7. The summed E-state index contributed by atoms with van der Waals surface area (Å²) in [7, 11) is 1.84. The highest BCUT2D eigenvalue weighted by Gasteiger charge is 2.19. The Bertz CT molecular complexity index is 1630. The van der Waals surface area contributed by atoms with Gasteiger partial charge in [0.15, 0.2) is 0 Å². The van der Waals surface area contributed by atoms with E-state index in [1.54, 1.807) is 41.3 Å². The number of carbonyl (C=O) groups excluding carboxylic acids is 1. The zero-order valence-corrected chi connectivity index (χ0v) is 21.0. The SMILES string of the molecule is Cn1cc(-c2cc3c(cn2)[nH]c2ncc(F)c(-c4ccc(C(=O)NCCN5CCC[C@@H](O)C5)cc4)c23)cn1. The molecule has 10 heteroatoms. The summed E-state index contributed by atoms with van der Waals surface area (Å²) in [5.74, 6) is -0.632. The minimum absolute atomic E-state index is 0.186. The second-order valence-electron chi connectivity index (χ2n) is 9.78. The fourth-order valence-electron chi connectivity index (χ4n) is 5.18. The van der Waals surface area contributed by atoms with Crippen molar-refractivity contribution in [1.29, 1.82) is 0 Å². The van der Waals surface area contributed by atoms with Gasteiger partial charge in [-0.1, -0.05) is 12.1 Å². The molecule has 0 radical (unpaired) electrons. The Morgan fingerprint density at radius 1 is 1.18 bits per heavy atom. The number of aliphatic hydroxyl groups excluding tert-OH is 1. The molecule has 3 N–H and O–H groups in total. The second kappa shape index (κ2) is 9.96. The number of aryl methyl sites for hydroxylation is 1. The van der Waals surface area contributed by atoms with E-state index in [-0.39, 0.29) is 12.0 Å². The molecule has 1 aromatic carbocycles. The van der Waals surface area contributed by atoms with Crippen molar-refractivity contribution in [3.8, 4) is 22.4 Å². The van der Waals surface area contributed by atoms with Crippen molar-refractivity contribution in [3.05, 3.63) is 66.5 Å². The number of carbonyl (C=O) groups is 1. The molecular weight excluding hydrogens is 485 g/mol. The number of rotatable bonds is 6. The molecule has 0 spiro atoms. The Morgan fingerprint density at radius 3 is 2.79 bits per heavy atom. The number of nitrogens with zero attached hydrogens (tertiary/aromatic N) is 5. The number of halogens is 1. The number of aliphatic hydroxyl groups is 1. The van der Waals surface area contributed by atoms with Crippen molar-refractivity contribution >= 4 is 27.8 Å². The number of H-pyrrole nitrogens is 1. The number of aromatic nitrogens is 5. The van der Waals surface area contributed by atoms with Crippen LogP contribution in [-0.4, -0.2) is 72.9 Å². The van der Waals surface area contributed by atoms with E-state index in [1.807, 2.05) is 19.3 Å². The molecule has 6 rings (SSSR count). The number of amides is 1. The van der Waals surface area contributed by atoms with Gasteiger partial charge in [-0.2, -0.15) is 5.10 Å². The van der Waals surface area contributed by atoms with Crippen molar-refractivity contribution in [3.63, 3.8) is 0 Å². The number of likely N-dealkylation sites (tertiary alicyclic amines) is 1. The van der Waals surface area contributed by atoms with Crippen LogP contribution in [0.15, 0.2) is 55.1 Å². The number of hydrogen-bond donors (Lipinski definition) is 3. The Balaban J connectivity index is 1.27. The molecule has 0 aliphatic carbocycles. The molecule has 1 fully saturated rings. The number of fused-ring (bicyclic) bond motifs is 3. The van der Waals surface area contributed by atoms with E-state index < -0.39 is 5.82 Å². The van der Waals surface area contributed by atoms with Gasteiger partial charge in [0.05, 0.1) is 35.9 Å². The van der Waals surface area contributed by atoms with Gasteiger partial charge in [0, 0.05) is 60.3 Å². The molecular formula is C28H28FN7O2. The monoisotopic (exact) mass is 513 g/mol. The van der Waals surface area contributed by atoms with E-state index in [1.165, 1.54) is 6.20 Å². The van der Waals surface area contributed by atoms with Crippen LogP contribution in [0.5, 0.6) is 0 Å². The molecule has 9 nitrogen and oxygen atoms in total. The Labute approximate surface area is 218 Å². The molecule has 38 heavy (non-hydrogen) atoms. The molecule has 1 aliphatic rings. The predicted molar refractivity (Wildman–Crippen MR) is 143 cm³/mol. The zero-order valence-electron chi connectivity index (χ0n) is 21.0. The summed E-state index contributed by atoms with van der Waals surface area (Å²) in [6.07, 6.45) is 8.06. The summed E-state index contributed by atoms with van der Waals surface area (Å²) in [6, 6.07) is 8.85. The zero-order chi connectivity index (χ0) is 26.2. The van der Waals surface area contributed by atoms with Gasteiger partial charge in [0.25, 0.3) is 5.91 Å². The lowest BCUT2D eigenvalue weighted by molar-refractivity contribution is 0.0703. The van der Waals surface area contributed by atoms with Crippen LogP contribution >= 0.6 is 0 Å². The first kappa shape index (κ1) is 24.2. The number of β-amino-alcohol motifs (C(OH)–C–C–N with tert-alkyl or cyclic N) is 1. The van der Waals surface area contributed by atoms with Crippen molar-refractivity contribution in [2.45, 2.75) is 18.9 Å². The minimum atomic E-state index is -0.445. The van der Waals surface area contributed by atoms with Gasteiger partial charge in [-0.3, -0.25) is 19.4 Å². The lowest BCUT2D eigenvalue weighted by Gasteiger charge is -2.29. The topological polar surface area (TPSA) is 112 Å². The Kier molecular flexibility index (Phi) is 6.34. The third-order valence-electron chi connectivity index (χ3n) is 7.09. The smallest absolute Gasteiger partial charge is 0.251 e. The Morgan fingerprint density at radius 2 is 2.03 bits per heavy atom. The minimum Gasteiger partial charge on any atom is -0.392 e. The molecule has 1 atom stereocenters. The fourth-order valence-corrected chi connectivity index (χ4v) is 5.18. The highest BCUT2D eigenvalue weighted by Crippen LogP contribution is 2.36. The van der Waals surface area contributed by atoms with Crippen LogP contribution in [0.3, 0.4) is 0 Å². The first-order valence-electron chi connectivity index (χ1n) is 12.7.